The van der Waals surface area contributed by atoms with Crippen molar-refractivity contribution in [3.63, 3.8) is 0 Å². The van der Waals surface area contributed by atoms with Crippen LogP contribution in [0, 0.1) is 0 Å². The van der Waals surface area contributed by atoms with Gasteiger partial charge >= 0.3 is 5.97 Å². The summed E-state index contributed by atoms with van der Waals surface area (Å²) >= 11 is 5.73. The minimum absolute atomic E-state index is 0.313. The Morgan fingerprint density at radius 3 is 2.70 bits per heavy atom. The van der Waals surface area contributed by atoms with Crippen LogP contribution in [0.5, 0.6) is 0 Å². The van der Waals surface area contributed by atoms with Crippen LogP contribution in [-0.4, -0.2) is 28.7 Å². The topological polar surface area (TPSA) is 46.5 Å². The average Bonchev–Trinajstić information content (AvgIpc) is 2.15. The summed E-state index contributed by atoms with van der Waals surface area (Å²) in [5, 5.41) is 9.05. The lowest BCUT2D eigenvalue weighted by Gasteiger charge is -2.18. The van der Waals surface area contributed by atoms with Gasteiger partial charge in [-0.3, -0.25) is 4.79 Å². The van der Waals surface area contributed by atoms with E-state index in [1.807, 2.05) is 0 Å². The van der Waals surface area contributed by atoms with Crippen LogP contribution in [0.15, 0.2) is 0 Å². The Labute approximate surface area is 63.9 Å². The largest absolute Gasteiger partial charge is 0.464 e. The first-order chi connectivity index (χ1) is 4.57. The van der Waals surface area contributed by atoms with Gasteiger partial charge in [0, 0.05) is 6.42 Å². The van der Waals surface area contributed by atoms with E-state index in [1.165, 1.54) is 6.92 Å². The van der Waals surface area contributed by atoms with E-state index in [0.29, 0.717) is 13.0 Å². The first kappa shape index (κ1) is 7.82. The third-order valence-electron chi connectivity index (χ3n) is 1.70. The normalized spacial score (nSPS) is 35.7. The lowest BCUT2D eigenvalue weighted by molar-refractivity contribution is -0.142. The quantitative estimate of drug-likeness (QED) is 0.448. The van der Waals surface area contributed by atoms with Gasteiger partial charge in [-0.15, -0.1) is 11.6 Å². The van der Waals surface area contributed by atoms with Crippen molar-refractivity contribution in [2.45, 2.75) is 24.3 Å². The zero-order chi connectivity index (χ0) is 7.78. The third-order valence-corrected chi connectivity index (χ3v) is 2.36. The fraction of sp³-hybridized carbons (Fsp3) is 0.833. The van der Waals surface area contributed by atoms with Gasteiger partial charge < -0.3 is 9.84 Å². The van der Waals surface area contributed by atoms with Gasteiger partial charge in [-0.05, 0) is 6.92 Å². The second-order valence-electron chi connectivity index (χ2n) is 2.42. The molecule has 1 saturated heterocycles. The van der Waals surface area contributed by atoms with Crippen LogP contribution >= 0.6 is 11.6 Å². The number of carbonyl (C=O) groups excluding carboxylic acids is 1. The molecule has 0 amide bonds. The van der Waals surface area contributed by atoms with E-state index in [1.54, 1.807) is 0 Å². The van der Waals surface area contributed by atoms with Crippen LogP contribution in [0.2, 0.25) is 0 Å². The van der Waals surface area contributed by atoms with Gasteiger partial charge in [0.05, 0.1) is 12.7 Å². The van der Waals surface area contributed by atoms with E-state index in [-0.39, 0.29) is 0 Å². The van der Waals surface area contributed by atoms with E-state index in [2.05, 4.69) is 4.74 Å². The minimum atomic E-state index is -1.18. The second-order valence-corrected chi connectivity index (χ2v) is 3.10. The number of rotatable bonds is 1. The van der Waals surface area contributed by atoms with Crippen LogP contribution in [0.1, 0.15) is 13.3 Å². The van der Waals surface area contributed by atoms with Gasteiger partial charge in [0.25, 0.3) is 0 Å². The Morgan fingerprint density at radius 1 is 1.90 bits per heavy atom. The molecule has 10 heavy (non-hydrogen) atoms. The Morgan fingerprint density at radius 2 is 2.50 bits per heavy atom. The molecule has 0 saturated carbocycles. The molecule has 4 heteroatoms. The molecule has 0 spiro atoms. The fourth-order valence-corrected chi connectivity index (χ4v) is 1.03. The summed E-state index contributed by atoms with van der Waals surface area (Å²) in [4.78, 5) is 9.64. The average molecular weight is 165 g/mol. The third kappa shape index (κ3) is 0.995. The van der Waals surface area contributed by atoms with Crippen LogP contribution in [0.3, 0.4) is 0 Å². The molecule has 0 aliphatic carbocycles. The van der Waals surface area contributed by atoms with Crippen molar-refractivity contribution in [2.24, 2.45) is 0 Å². The molecule has 0 aromatic heterocycles. The molecule has 1 aliphatic heterocycles. The van der Waals surface area contributed by atoms with E-state index < -0.39 is 16.9 Å². The summed E-state index contributed by atoms with van der Waals surface area (Å²) in [6.45, 7) is 1.80. The van der Waals surface area contributed by atoms with E-state index in [0.717, 1.165) is 0 Å². The highest BCUT2D eigenvalue weighted by atomic mass is 35.5. The molecule has 1 aliphatic rings. The van der Waals surface area contributed by atoms with E-state index in [9.17, 15) is 4.79 Å². The molecule has 1 N–H and O–H groups in total. The van der Waals surface area contributed by atoms with Gasteiger partial charge in [-0.25, -0.2) is 0 Å². The van der Waals surface area contributed by atoms with Gasteiger partial charge in [-0.1, -0.05) is 0 Å². The Bertz CT molecular complexity index is 157. The van der Waals surface area contributed by atoms with Gasteiger partial charge in [0.15, 0.2) is 4.87 Å². The SMILES string of the molecule is CC(O)C1(Cl)CCOC1=O. The number of halogens is 1. The monoisotopic (exact) mass is 164 g/mol. The van der Waals surface area contributed by atoms with Crippen molar-refractivity contribution >= 4 is 17.6 Å². The number of ether oxygens (including phenoxy) is 1. The summed E-state index contributed by atoms with van der Waals surface area (Å²) in [7, 11) is 0. The van der Waals surface area contributed by atoms with Crippen molar-refractivity contribution in [1.29, 1.82) is 0 Å². The maximum absolute atomic E-state index is 10.8. The molecule has 1 rings (SSSR count). The lowest BCUT2D eigenvalue weighted by atomic mass is 10.0. The highest BCUT2D eigenvalue weighted by Crippen LogP contribution is 2.30. The van der Waals surface area contributed by atoms with Crippen LogP contribution in [-0.2, 0) is 9.53 Å². The Hall–Kier alpha value is -0.280. The molecule has 0 bridgehead atoms. The molecule has 2 atom stereocenters. The summed E-state index contributed by atoms with van der Waals surface area (Å²) in [6, 6.07) is 0. The molecule has 0 aromatic rings. The van der Waals surface area contributed by atoms with E-state index in [4.69, 9.17) is 16.7 Å². The van der Waals surface area contributed by atoms with Gasteiger partial charge in [-0.2, -0.15) is 0 Å². The first-order valence-corrected chi connectivity index (χ1v) is 3.49. The molecule has 2 unspecified atom stereocenters. The molecule has 58 valence electrons. The fourth-order valence-electron chi connectivity index (χ4n) is 0.894. The first-order valence-electron chi connectivity index (χ1n) is 3.11. The van der Waals surface area contributed by atoms with Gasteiger partial charge in [0.2, 0.25) is 0 Å². The maximum Gasteiger partial charge on any atom is 0.330 e. The molecular formula is C6H9ClO3. The molecular weight excluding hydrogens is 156 g/mol. The number of aliphatic hydroxyl groups is 1. The predicted octanol–water partition coefficient (Wildman–Crippen LogP) is 0.292. The maximum atomic E-state index is 10.8. The summed E-state index contributed by atoms with van der Waals surface area (Å²) < 4.78 is 4.60. The molecule has 1 heterocycles. The van der Waals surface area contributed by atoms with Gasteiger partial charge in [0.1, 0.15) is 0 Å². The van der Waals surface area contributed by atoms with Crippen LogP contribution in [0.4, 0.5) is 0 Å². The number of hydrogen-bond acceptors (Lipinski definition) is 3. The highest BCUT2D eigenvalue weighted by Gasteiger charge is 2.46. The zero-order valence-corrected chi connectivity index (χ0v) is 6.39. The number of alkyl halides is 1. The predicted molar refractivity (Wildman–Crippen MR) is 35.8 cm³/mol. The molecule has 0 radical (unpaired) electrons. The number of carbonyl (C=O) groups is 1. The van der Waals surface area contributed by atoms with Crippen molar-refractivity contribution in [1.82, 2.24) is 0 Å². The Balaban J connectivity index is 2.75. The standard InChI is InChI=1S/C6H9ClO3/c1-4(8)6(7)2-3-10-5(6)9/h4,8H,2-3H2,1H3. The smallest absolute Gasteiger partial charge is 0.330 e. The summed E-state index contributed by atoms with van der Waals surface area (Å²) in [5.41, 5.74) is 0. The van der Waals surface area contributed by atoms with Crippen molar-refractivity contribution in [3.8, 4) is 0 Å². The molecule has 0 aromatic carbocycles. The Kier molecular flexibility index (Phi) is 1.88. The summed E-state index contributed by atoms with van der Waals surface area (Å²) in [6.07, 6.45) is -0.449. The summed E-state index contributed by atoms with van der Waals surface area (Å²) in [5.74, 6) is -0.510. The van der Waals surface area contributed by atoms with E-state index >= 15 is 0 Å². The highest BCUT2D eigenvalue weighted by molar-refractivity contribution is 6.35. The second kappa shape index (κ2) is 2.40. The number of esters is 1. The van der Waals surface area contributed by atoms with Crippen molar-refractivity contribution in [3.05, 3.63) is 0 Å². The molecule has 3 nitrogen and oxygen atoms in total. The van der Waals surface area contributed by atoms with Crippen LogP contribution < -0.4 is 0 Å². The number of hydrogen-bond donors (Lipinski definition) is 1. The minimum Gasteiger partial charge on any atom is -0.464 e. The van der Waals surface area contributed by atoms with Crippen LogP contribution in [0.25, 0.3) is 0 Å². The van der Waals surface area contributed by atoms with Crippen molar-refractivity contribution < 1.29 is 14.6 Å². The number of cyclic esters (lactones) is 1. The zero-order valence-electron chi connectivity index (χ0n) is 5.63. The number of aliphatic hydroxyl groups excluding tert-OH is 1. The molecule has 1 fully saturated rings. The lowest BCUT2D eigenvalue weighted by Crippen LogP contribution is -2.38. The van der Waals surface area contributed by atoms with Crippen molar-refractivity contribution in [2.75, 3.05) is 6.61 Å².